The van der Waals surface area contributed by atoms with Crippen LogP contribution in [0.5, 0.6) is 5.75 Å². The first kappa shape index (κ1) is 14.3. The lowest BCUT2D eigenvalue weighted by molar-refractivity contribution is 0.153. The summed E-state index contributed by atoms with van der Waals surface area (Å²) in [5.41, 5.74) is 1.13. The topological polar surface area (TPSA) is 32.8 Å². The number of hydrogen-bond donors (Lipinski definition) is 0. The van der Waals surface area contributed by atoms with E-state index in [0.29, 0.717) is 5.75 Å². The SMILES string of the molecule is Cc1ccc(OC(=O)N2CCCN(C)CC2)c(Br)c1. The molecule has 0 aromatic heterocycles. The van der Waals surface area contributed by atoms with Crippen LogP contribution in [0.4, 0.5) is 4.79 Å². The van der Waals surface area contributed by atoms with Gasteiger partial charge in [-0.1, -0.05) is 6.07 Å². The summed E-state index contributed by atoms with van der Waals surface area (Å²) in [5, 5.41) is 0. The van der Waals surface area contributed by atoms with E-state index in [9.17, 15) is 4.79 Å². The molecule has 0 spiro atoms. The molecule has 104 valence electrons. The standard InChI is InChI=1S/C14H19BrN2O2/c1-11-4-5-13(12(15)10-11)19-14(18)17-7-3-6-16(2)8-9-17/h4-5,10H,3,6-9H2,1-2H3. The minimum Gasteiger partial charge on any atom is -0.409 e. The molecule has 0 saturated carbocycles. The maximum Gasteiger partial charge on any atom is 0.415 e. The molecule has 1 aromatic rings. The Labute approximate surface area is 122 Å². The van der Waals surface area contributed by atoms with Crippen molar-refractivity contribution < 1.29 is 9.53 Å². The lowest BCUT2D eigenvalue weighted by atomic mass is 10.2. The number of likely N-dealkylation sites (N-methyl/N-ethyl adjacent to an activating group) is 1. The van der Waals surface area contributed by atoms with Crippen molar-refractivity contribution in [1.82, 2.24) is 9.80 Å². The van der Waals surface area contributed by atoms with Gasteiger partial charge in [-0.15, -0.1) is 0 Å². The van der Waals surface area contributed by atoms with Crippen molar-refractivity contribution in [2.24, 2.45) is 0 Å². The molecule has 0 atom stereocenters. The second-order valence-corrected chi connectivity index (χ2v) is 5.80. The average molecular weight is 327 g/mol. The lowest BCUT2D eigenvalue weighted by Crippen LogP contribution is -2.36. The van der Waals surface area contributed by atoms with Gasteiger partial charge in [-0.05, 0) is 60.6 Å². The molecule has 5 heteroatoms. The molecule has 0 bridgehead atoms. The number of carbonyl (C=O) groups excluding carboxylic acids is 1. The van der Waals surface area contributed by atoms with Crippen LogP contribution in [0, 0.1) is 6.92 Å². The van der Waals surface area contributed by atoms with Gasteiger partial charge in [-0.25, -0.2) is 4.79 Å². The van der Waals surface area contributed by atoms with E-state index < -0.39 is 0 Å². The van der Waals surface area contributed by atoms with Crippen LogP contribution in [-0.2, 0) is 0 Å². The first-order chi connectivity index (χ1) is 9.06. The number of carbonyl (C=O) groups is 1. The van der Waals surface area contributed by atoms with Crippen molar-refractivity contribution in [3.8, 4) is 5.75 Å². The Bertz CT molecular complexity index is 465. The van der Waals surface area contributed by atoms with E-state index in [0.717, 1.165) is 42.6 Å². The molecule has 1 heterocycles. The summed E-state index contributed by atoms with van der Waals surface area (Å²) in [6.45, 7) is 5.40. The molecule has 1 aliphatic rings. The highest BCUT2D eigenvalue weighted by atomic mass is 79.9. The van der Waals surface area contributed by atoms with E-state index >= 15 is 0 Å². The number of hydrogen-bond acceptors (Lipinski definition) is 3. The number of rotatable bonds is 1. The molecular weight excluding hydrogens is 308 g/mol. The van der Waals surface area contributed by atoms with Gasteiger partial charge < -0.3 is 14.5 Å². The van der Waals surface area contributed by atoms with Crippen molar-refractivity contribution in [3.63, 3.8) is 0 Å². The molecule has 0 radical (unpaired) electrons. The summed E-state index contributed by atoms with van der Waals surface area (Å²) in [4.78, 5) is 16.1. The first-order valence-electron chi connectivity index (χ1n) is 6.48. The third-order valence-electron chi connectivity index (χ3n) is 3.26. The summed E-state index contributed by atoms with van der Waals surface area (Å²) in [6, 6.07) is 5.70. The van der Waals surface area contributed by atoms with Gasteiger partial charge in [0.15, 0.2) is 0 Å². The maximum absolute atomic E-state index is 12.1. The minimum atomic E-state index is -0.264. The zero-order chi connectivity index (χ0) is 13.8. The van der Waals surface area contributed by atoms with Crippen LogP contribution in [-0.4, -0.2) is 49.1 Å². The largest absolute Gasteiger partial charge is 0.415 e. The fourth-order valence-electron chi connectivity index (χ4n) is 2.08. The molecule has 0 aliphatic carbocycles. The lowest BCUT2D eigenvalue weighted by Gasteiger charge is -2.20. The van der Waals surface area contributed by atoms with Crippen LogP contribution in [0.15, 0.2) is 22.7 Å². The molecular formula is C14H19BrN2O2. The second-order valence-electron chi connectivity index (χ2n) is 4.95. The molecule has 2 rings (SSSR count). The molecule has 1 aliphatic heterocycles. The minimum absolute atomic E-state index is 0.264. The van der Waals surface area contributed by atoms with Crippen molar-refractivity contribution in [2.45, 2.75) is 13.3 Å². The molecule has 1 saturated heterocycles. The van der Waals surface area contributed by atoms with Crippen molar-refractivity contribution in [1.29, 1.82) is 0 Å². The predicted octanol–water partition coefficient (Wildman–Crippen LogP) is 2.89. The van der Waals surface area contributed by atoms with Crippen molar-refractivity contribution in [2.75, 3.05) is 33.2 Å². The highest BCUT2D eigenvalue weighted by Crippen LogP contribution is 2.26. The van der Waals surface area contributed by atoms with E-state index in [4.69, 9.17) is 4.74 Å². The molecule has 0 unspecified atom stereocenters. The summed E-state index contributed by atoms with van der Waals surface area (Å²) in [6.07, 6.45) is 0.723. The highest BCUT2D eigenvalue weighted by Gasteiger charge is 2.19. The summed E-state index contributed by atoms with van der Waals surface area (Å²) >= 11 is 3.42. The Balaban J connectivity index is 2.00. The third-order valence-corrected chi connectivity index (χ3v) is 3.88. The van der Waals surface area contributed by atoms with E-state index in [-0.39, 0.29) is 6.09 Å². The molecule has 1 aromatic carbocycles. The molecule has 0 N–H and O–H groups in total. The second kappa shape index (κ2) is 6.39. The maximum atomic E-state index is 12.1. The highest BCUT2D eigenvalue weighted by molar-refractivity contribution is 9.10. The molecule has 19 heavy (non-hydrogen) atoms. The number of aryl methyl sites for hydroxylation is 1. The van der Waals surface area contributed by atoms with Gasteiger partial charge in [0.05, 0.1) is 4.47 Å². The Kier molecular flexibility index (Phi) is 4.82. The average Bonchev–Trinajstić information content (AvgIpc) is 2.57. The van der Waals surface area contributed by atoms with Crippen LogP contribution < -0.4 is 4.74 Å². The Hall–Kier alpha value is -1.07. The third kappa shape index (κ3) is 3.94. The van der Waals surface area contributed by atoms with Crippen LogP contribution in [0.1, 0.15) is 12.0 Å². The van der Waals surface area contributed by atoms with Crippen LogP contribution >= 0.6 is 15.9 Å². The van der Waals surface area contributed by atoms with E-state index in [2.05, 4.69) is 27.9 Å². The number of ether oxygens (including phenoxy) is 1. The number of halogens is 1. The van der Waals surface area contributed by atoms with Crippen molar-refractivity contribution in [3.05, 3.63) is 28.2 Å². The number of nitrogens with zero attached hydrogens (tertiary/aromatic N) is 2. The van der Waals surface area contributed by atoms with Gasteiger partial charge in [-0.3, -0.25) is 0 Å². The normalized spacial score (nSPS) is 17.1. The quantitative estimate of drug-likeness (QED) is 0.795. The zero-order valence-electron chi connectivity index (χ0n) is 11.4. The molecule has 1 amide bonds. The van der Waals surface area contributed by atoms with Crippen molar-refractivity contribution >= 4 is 22.0 Å². The van der Waals surface area contributed by atoms with Gasteiger partial charge in [0.1, 0.15) is 5.75 Å². The Morgan fingerprint density at radius 3 is 2.79 bits per heavy atom. The molecule has 4 nitrogen and oxygen atoms in total. The Morgan fingerprint density at radius 1 is 1.26 bits per heavy atom. The van der Waals surface area contributed by atoms with Gasteiger partial charge in [0, 0.05) is 19.6 Å². The summed E-state index contributed by atoms with van der Waals surface area (Å²) in [7, 11) is 2.07. The van der Waals surface area contributed by atoms with E-state index in [1.807, 2.05) is 25.1 Å². The first-order valence-corrected chi connectivity index (χ1v) is 7.27. The Morgan fingerprint density at radius 2 is 2.05 bits per heavy atom. The summed E-state index contributed by atoms with van der Waals surface area (Å²) < 4.78 is 6.26. The van der Waals surface area contributed by atoms with Crippen LogP contribution in [0.25, 0.3) is 0 Å². The van der Waals surface area contributed by atoms with Crippen LogP contribution in [0.3, 0.4) is 0 Å². The number of benzene rings is 1. The monoisotopic (exact) mass is 326 g/mol. The van der Waals surface area contributed by atoms with Gasteiger partial charge in [0.25, 0.3) is 0 Å². The van der Waals surface area contributed by atoms with Gasteiger partial charge in [0.2, 0.25) is 0 Å². The predicted molar refractivity (Wildman–Crippen MR) is 78.6 cm³/mol. The van der Waals surface area contributed by atoms with Gasteiger partial charge >= 0.3 is 6.09 Å². The van der Waals surface area contributed by atoms with Gasteiger partial charge in [-0.2, -0.15) is 0 Å². The fraction of sp³-hybridized carbons (Fsp3) is 0.500. The summed E-state index contributed by atoms with van der Waals surface area (Å²) in [5.74, 6) is 0.577. The fourth-order valence-corrected chi connectivity index (χ4v) is 2.65. The van der Waals surface area contributed by atoms with E-state index in [1.54, 1.807) is 4.90 Å². The van der Waals surface area contributed by atoms with E-state index in [1.165, 1.54) is 0 Å². The smallest absolute Gasteiger partial charge is 0.409 e. The van der Waals surface area contributed by atoms with Crippen LogP contribution in [0.2, 0.25) is 0 Å². The molecule has 1 fully saturated rings. The number of amides is 1. The zero-order valence-corrected chi connectivity index (χ0v) is 12.9.